The van der Waals surface area contributed by atoms with E-state index in [-0.39, 0.29) is 30.2 Å². The minimum atomic E-state index is -1.58. The van der Waals surface area contributed by atoms with Crippen LogP contribution in [0.25, 0.3) is 0 Å². The molecule has 1 amide bonds. The van der Waals surface area contributed by atoms with Gasteiger partial charge in [0.15, 0.2) is 17.2 Å². The van der Waals surface area contributed by atoms with Crippen molar-refractivity contribution in [2.75, 3.05) is 13.2 Å². The first-order valence-electron chi connectivity index (χ1n) is 5.64. The number of amides is 1. The van der Waals surface area contributed by atoms with Crippen LogP contribution in [0.2, 0.25) is 5.02 Å². The first-order chi connectivity index (χ1) is 9.35. The van der Waals surface area contributed by atoms with Crippen LogP contribution in [0.4, 0.5) is 8.78 Å². The highest BCUT2D eigenvalue weighted by molar-refractivity contribution is 6.33. The fraction of sp³-hybridized carbons (Fsp3) is 0.333. The van der Waals surface area contributed by atoms with Crippen LogP contribution in [0, 0.1) is 11.6 Å². The fourth-order valence-corrected chi connectivity index (χ4v) is 2.10. The molecule has 1 fully saturated rings. The van der Waals surface area contributed by atoms with Gasteiger partial charge in [-0.2, -0.15) is 0 Å². The van der Waals surface area contributed by atoms with Gasteiger partial charge in [-0.15, -0.1) is 0 Å². The van der Waals surface area contributed by atoms with E-state index >= 15 is 0 Å². The minimum Gasteiger partial charge on any atom is -0.479 e. The largest absolute Gasteiger partial charge is 0.479 e. The van der Waals surface area contributed by atoms with Crippen molar-refractivity contribution in [1.82, 2.24) is 5.32 Å². The monoisotopic (exact) mass is 305 g/mol. The van der Waals surface area contributed by atoms with E-state index in [1.807, 2.05) is 0 Å². The molecule has 8 heteroatoms. The van der Waals surface area contributed by atoms with Gasteiger partial charge in [0.2, 0.25) is 0 Å². The Labute approximate surface area is 117 Å². The van der Waals surface area contributed by atoms with Crippen molar-refractivity contribution in [3.8, 4) is 0 Å². The summed E-state index contributed by atoms with van der Waals surface area (Å²) in [5, 5.41) is 11.1. The fourth-order valence-electron chi connectivity index (χ4n) is 1.87. The van der Waals surface area contributed by atoms with E-state index in [0.29, 0.717) is 12.1 Å². The van der Waals surface area contributed by atoms with Crippen LogP contribution in [-0.2, 0) is 9.53 Å². The Balaban J connectivity index is 2.28. The first-order valence-corrected chi connectivity index (χ1v) is 6.02. The number of halogens is 3. The highest BCUT2D eigenvalue weighted by atomic mass is 35.5. The standard InChI is InChI=1S/C12H10ClF2NO4/c13-7-4-9(15)8(14)3-6(7)10(17)16-12(11(18)19)1-2-20-5-12/h3-4H,1-2,5H2,(H,16,17)(H,18,19). The highest BCUT2D eigenvalue weighted by Gasteiger charge is 2.44. The summed E-state index contributed by atoms with van der Waals surface area (Å²) in [7, 11) is 0. The van der Waals surface area contributed by atoms with E-state index in [1.54, 1.807) is 0 Å². The number of aliphatic carboxylic acids is 1. The number of ether oxygens (including phenoxy) is 1. The maximum absolute atomic E-state index is 13.1. The number of carbonyl (C=O) groups is 2. The zero-order chi connectivity index (χ0) is 14.9. The molecule has 1 aliphatic rings. The van der Waals surface area contributed by atoms with Crippen molar-refractivity contribution in [3.63, 3.8) is 0 Å². The summed E-state index contributed by atoms with van der Waals surface area (Å²) >= 11 is 5.66. The average Bonchev–Trinajstić information content (AvgIpc) is 2.83. The smallest absolute Gasteiger partial charge is 0.331 e. The average molecular weight is 306 g/mol. The molecule has 0 radical (unpaired) electrons. The van der Waals surface area contributed by atoms with Gasteiger partial charge in [0, 0.05) is 13.0 Å². The number of carboxylic acid groups (broad SMARTS) is 1. The predicted molar refractivity (Wildman–Crippen MR) is 64.6 cm³/mol. The lowest BCUT2D eigenvalue weighted by Gasteiger charge is -2.23. The van der Waals surface area contributed by atoms with Crippen LogP contribution >= 0.6 is 11.6 Å². The normalized spacial score (nSPS) is 21.8. The Bertz CT molecular complexity index is 573. The second kappa shape index (κ2) is 5.34. The highest BCUT2D eigenvalue weighted by Crippen LogP contribution is 2.23. The molecule has 108 valence electrons. The molecule has 20 heavy (non-hydrogen) atoms. The van der Waals surface area contributed by atoms with Crippen LogP contribution in [0.3, 0.4) is 0 Å². The second-order valence-corrected chi connectivity index (χ2v) is 4.80. The molecule has 0 aromatic heterocycles. The summed E-state index contributed by atoms with van der Waals surface area (Å²) in [5.41, 5.74) is -1.91. The lowest BCUT2D eigenvalue weighted by atomic mass is 9.98. The van der Waals surface area contributed by atoms with Gasteiger partial charge < -0.3 is 15.2 Å². The van der Waals surface area contributed by atoms with Gasteiger partial charge in [0.25, 0.3) is 5.91 Å². The Morgan fingerprint density at radius 2 is 2.00 bits per heavy atom. The summed E-state index contributed by atoms with van der Waals surface area (Å²) in [6.45, 7) is -0.0204. The van der Waals surface area contributed by atoms with Gasteiger partial charge in [0.1, 0.15) is 0 Å². The molecule has 2 N–H and O–H groups in total. The van der Waals surface area contributed by atoms with Crippen LogP contribution < -0.4 is 5.32 Å². The third kappa shape index (κ3) is 2.59. The third-order valence-electron chi connectivity index (χ3n) is 3.04. The Morgan fingerprint density at radius 3 is 2.55 bits per heavy atom. The van der Waals surface area contributed by atoms with Crippen molar-refractivity contribution in [2.45, 2.75) is 12.0 Å². The zero-order valence-electron chi connectivity index (χ0n) is 10.1. The van der Waals surface area contributed by atoms with Crippen molar-refractivity contribution in [2.24, 2.45) is 0 Å². The minimum absolute atomic E-state index is 0.0787. The lowest BCUT2D eigenvalue weighted by Crippen LogP contribution is -2.55. The molecule has 1 atom stereocenters. The van der Waals surface area contributed by atoms with Gasteiger partial charge in [0.05, 0.1) is 17.2 Å². The summed E-state index contributed by atoms with van der Waals surface area (Å²) in [6, 6.07) is 1.28. The van der Waals surface area contributed by atoms with E-state index in [1.165, 1.54) is 0 Å². The lowest BCUT2D eigenvalue weighted by molar-refractivity contribution is -0.144. The number of benzene rings is 1. The Kier molecular flexibility index (Phi) is 3.92. The Hall–Kier alpha value is -1.73. The van der Waals surface area contributed by atoms with Gasteiger partial charge >= 0.3 is 5.97 Å². The summed E-state index contributed by atoms with van der Waals surface area (Å²) in [4.78, 5) is 23.2. The molecule has 1 saturated heterocycles. The first kappa shape index (κ1) is 14.7. The van der Waals surface area contributed by atoms with Gasteiger partial charge in [-0.1, -0.05) is 11.6 Å². The molecule has 5 nitrogen and oxygen atoms in total. The number of rotatable bonds is 3. The van der Waals surface area contributed by atoms with E-state index < -0.39 is 29.0 Å². The number of carboxylic acids is 1. The molecule has 2 rings (SSSR count). The number of nitrogens with one attached hydrogen (secondary N) is 1. The molecule has 1 aromatic carbocycles. The molecule has 1 unspecified atom stereocenters. The quantitative estimate of drug-likeness (QED) is 0.832. The van der Waals surface area contributed by atoms with Crippen LogP contribution in [0.5, 0.6) is 0 Å². The van der Waals surface area contributed by atoms with Crippen molar-refractivity contribution >= 4 is 23.5 Å². The summed E-state index contributed by atoms with van der Waals surface area (Å²) in [5.74, 6) is -4.60. The number of hydrogen-bond acceptors (Lipinski definition) is 3. The molecule has 0 bridgehead atoms. The SMILES string of the molecule is O=C(NC1(C(=O)O)CCOC1)c1cc(F)c(F)cc1Cl. The van der Waals surface area contributed by atoms with Crippen LogP contribution in [-0.4, -0.2) is 35.7 Å². The number of carbonyl (C=O) groups excluding carboxylic acids is 1. The van der Waals surface area contributed by atoms with E-state index in [4.69, 9.17) is 21.4 Å². The second-order valence-electron chi connectivity index (χ2n) is 4.39. The maximum Gasteiger partial charge on any atom is 0.331 e. The van der Waals surface area contributed by atoms with Crippen molar-refractivity contribution < 1.29 is 28.2 Å². The van der Waals surface area contributed by atoms with E-state index in [9.17, 15) is 18.4 Å². The molecule has 1 aromatic rings. The molecule has 1 heterocycles. The number of hydrogen-bond donors (Lipinski definition) is 2. The topological polar surface area (TPSA) is 75.6 Å². The molecule has 0 saturated carbocycles. The summed E-state index contributed by atoms with van der Waals surface area (Å²) in [6.07, 6.45) is 0.0787. The third-order valence-corrected chi connectivity index (χ3v) is 3.35. The maximum atomic E-state index is 13.1. The molecule has 1 aliphatic heterocycles. The van der Waals surface area contributed by atoms with Gasteiger partial charge in [-0.3, -0.25) is 4.79 Å². The van der Waals surface area contributed by atoms with Gasteiger partial charge in [-0.05, 0) is 12.1 Å². The molecular formula is C12H10ClF2NO4. The van der Waals surface area contributed by atoms with Crippen LogP contribution in [0.15, 0.2) is 12.1 Å². The van der Waals surface area contributed by atoms with Crippen molar-refractivity contribution in [3.05, 3.63) is 34.4 Å². The molecule has 0 spiro atoms. The molecule has 0 aliphatic carbocycles. The van der Waals surface area contributed by atoms with E-state index in [2.05, 4.69) is 5.32 Å². The van der Waals surface area contributed by atoms with Crippen molar-refractivity contribution in [1.29, 1.82) is 0 Å². The van der Waals surface area contributed by atoms with E-state index in [0.717, 1.165) is 0 Å². The zero-order valence-corrected chi connectivity index (χ0v) is 10.8. The van der Waals surface area contributed by atoms with Gasteiger partial charge in [-0.25, -0.2) is 13.6 Å². The van der Waals surface area contributed by atoms with Crippen LogP contribution in [0.1, 0.15) is 16.8 Å². The predicted octanol–water partition coefficient (Wildman–Crippen LogP) is 1.59. The Morgan fingerprint density at radius 1 is 1.35 bits per heavy atom. The summed E-state index contributed by atoms with van der Waals surface area (Å²) < 4.78 is 31.0. The molecular weight excluding hydrogens is 296 g/mol.